The van der Waals surface area contributed by atoms with Crippen LogP contribution in [0.25, 0.3) is 0 Å². The largest absolute Gasteiger partial charge is 1.00 e. The molecule has 4 bridgehead atoms. The molecule has 0 saturated carbocycles. The SMILES string of the molecule is C1CCN2C[C@@H]3C[C@@H](CN4CCCC[C@@H]34)[C@H]2C1.C1CCN2C[C@@H]3C[C@@H](CN4CCCC[C@@H]34)[C@H]2C1.F[P-](F)(F)(F)(F)F.F[P-](F)(F)(F)(F)F.OO.[Cu+].[Cu+]. The third-order valence-electron chi connectivity index (χ3n) is 11.9. The maximum Gasteiger partial charge on any atom is 1.00 e. The van der Waals surface area contributed by atoms with Gasteiger partial charge in [0, 0.05) is 50.3 Å². The topological polar surface area (TPSA) is 53.4 Å². The zero-order chi connectivity index (χ0) is 37.3. The van der Waals surface area contributed by atoms with Crippen LogP contribution < -0.4 is 0 Å². The molecule has 8 aliphatic heterocycles. The summed E-state index contributed by atoms with van der Waals surface area (Å²) >= 11 is 0. The van der Waals surface area contributed by atoms with Gasteiger partial charge in [0.15, 0.2) is 0 Å². The first kappa shape index (κ1) is 49.0. The predicted octanol–water partition coefficient (Wildman–Crippen LogP) is 11.5. The molecule has 52 heavy (non-hydrogen) atoms. The van der Waals surface area contributed by atoms with Gasteiger partial charge >= 0.3 is 100 Å². The van der Waals surface area contributed by atoms with Crippen molar-refractivity contribution in [1.82, 2.24) is 19.6 Å². The van der Waals surface area contributed by atoms with Crippen LogP contribution in [-0.4, -0.2) is 107 Å². The minimum atomic E-state index is -10.7. The van der Waals surface area contributed by atoms with Crippen molar-refractivity contribution >= 4 is 15.6 Å². The molecule has 0 aromatic heterocycles. The molecule has 8 atom stereocenters. The molecular formula is C30H54Cu2F12N4O2P2. The van der Waals surface area contributed by atoms with Gasteiger partial charge in [-0.05, 0) is 114 Å². The van der Waals surface area contributed by atoms with E-state index in [1.54, 1.807) is 12.8 Å². The number of halogens is 12. The first-order valence-electron chi connectivity index (χ1n) is 18.0. The summed E-state index contributed by atoms with van der Waals surface area (Å²) in [6, 6.07) is 3.84. The molecule has 2 N–H and O–H groups in total. The molecule has 8 fully saturated rings. The maximum absolute atomic E-state index is 10.7. The molecule has 0 aromatic carbocycles. The quantitative estimate of drug-likeness (QED) is 0.0830. The van der Waals surface area contributed by atoms with Gasteiger partial charge in [-0.15, -0.1) is 0 Å². The smallest absolute Gasteiger partial charge is 0.255 e. The van der Waals surface area contributed by atoms with E-state index in [4.69, 9.17) is 10.5 Å². The molecule has 0 aliphatic carbocycles. The molecule has 322 valence electrons. The number of nitrogens with zero attached hydrogens (tertiary/aromatic N) is 4. The fraction of sp³-hybridized carbons (Fsp3) is 1.00. The fourth-order valence-electron chi connectivity index (χ4n) is 10.5. The van der Waals surface area contributed by atoms with Crippen LogP contribution in [0.1, 0.15) is 89.9 Å². The van der Waals surface area contributed by atoms with Crippen molar-refractivity contribution in [3.63, 3.8) is 0 Å². The first-order valence-corrected chi connectivity index (χ1v) is 22.1. The van der Waals surface area contributed by atoms with Crippen molar-refractivity contribution in [2.45, 2.75) is 114 Å². The molecule has 0 amide bonds. The van der Waals surface area contributed by atoms with E-state index in [1.165, 1.54) is 129 Å². The van der Waals surface area contributed by atoms with Crippen molar-refractivity contribution < 1.29 is 95.0 Å². The molecule has 8 saturated heterocycles. The first-order chi connectivity index (χ1) is 22.7. The van der Waals surface area contributed by atoms with E-state index in [0.29, 0.717) is 0 Å². The van der Waals surface area contributed by atoms with Crippen LogP contribution in [0.4, 0.5) is 50.4 Å². The Labute approximate surface area is 319 Å². The Balaban J connectivity index is 0.000000253. The van der Waals surface area contributed by atoms with Crippen molar-refractivity contribution in [2.75, 3.05) is 52.4 Å². The van der Waals surface area contributed by atoms with E-state index in [2.05, 4.69) is 19.6 Å². The summed E-state index contributed by atoms with van der Waals surface area (Å²) in [5.41, 5.74) is 0. The molecule has 8 rings (SSSR count). The van der Waals surface area contributed by atoms with E-state index in [1.807, 2.05) is 0 Å². The second kappa shape index (κ2) is 17.0. The van der Waals surface area contributed by atoms with Crippen LogP contribution in [0.3, 0.4) is 0 Å². The zero-order valence-electron chi connectivity index (χ0n) is 28.9. The van der Waals surface area contributed by atoms with Crippen LogP contribution in [0.15, 0.2) is 0 Å². The van der Waals surface area contributed by atoms with Gasteiger partial charge in [-0.1, -0.05) is 25.7 Å². The standard InChI is InChI=1S/2C15H26N2.2Cu.2F6P.H2O2/c2*1-3-7-16-11-13-9-12(14(16)5-1)10-17-8-4-2-6-15(13)17;;;2*1-7(2,3,4,5)6;1-2/h2*12-15H,1-11H2;;;;;1-2H/q;;2*+1;2*-1;/t2*12-,13-,14-,15+;;;;;/m00...../s1. The van der Waals surface area contributed by atoms with Crippen molar-refractivity contribution in [2.24, 2.45) is 23.7 Å². The Morgan fingerprint density at radius 3 is 0.692 bits per heavy atom. The van der Waals surface area contributed by atoms with Crippen LogP contribution in [0, 0.1) is 23.7 Å². The monoisotopic (exact) mass is 918 g/mol. The fourth-order valence-corrected chi connectivity index (χ4v) is 10.5. The predicted molar refractivity (Wildman–Crippen MR) is 172 cm³/mol. The van der Waals surface area contributed by atoms with Crippen LogP contribution >= 0.6 is 15.6 Å². The molecule has 6 nitrogen and oxygen atoms in total. The van der Waals surface area contributed by atoms with E-state index in [9.17, 15) is 50.4 Å². The summed E-state index contributed by atoms with van der Waals surface area (Å²) in [7, 11) is -21.3. The van der Waals surface area contributed by atoms with Gasteiger partial charge < -0.3 is 0 Å². The number of piperidine rings is 8. The zero-order valence-corrected chi connectivity index (χ0v) is 32.6. The minimum Gasteiger partial charge on any atom is -0.255 e. The van der Waals surface area contributed by atoms with Crippen LogP contribution in [-0.2, 0) is 34.1 Å². The Morgan fingerprint density at radius 2 is 0.519 bits per heavy atom. The summed E-state index contributed by atoms with van der Waals surface area (Å²) in [6.45, 7) is 11.4. The third kappa shape index (κ3) is 17.5. The third-order valence-corrected chi connectivity index (χ3v) is 11.9. The summed E-state index contributed by atoms with van der Waals surface area (Å²) in [5.74, 6) is 4.07. The second-order valence-corrected chi connectivity index (χ2v) is 19.5. The van der Waals surface area contributed by atoms with Gasteiger partial charge in [0.1, 0.15) is 0 Å². The summed E-state index contributed by atoms with van der Waals surface area (Å²) in [5, 5.41) is 12.0. The molecule has 0 aromatic rings. The Morgan fingerprint density at radius 1 is 0.346 bits per heavy atom. The molecule has 8 aliphatic rings. The Kier molecular flexibility index (Phi) is 16.0. The molecule has 0 unspecified atom stereocenters. The molecule has 0 spiro atoms. The van der Waals surface area contributed by atoms with E-state index in [-0.39, 0.29) is 34.1 Å². The summed E-state index contributed by atoms with van der Waals surface area (Å²) in [6.07, 6.45) is 20.9. The molecule has 8 heterocycles. The normalized spacial score (nSPS) is 37.3. The number of hydrogen-bond acceptors (Lipinski definition) is 6. The van der Waals surface area contributed by atoms with Crippen molar-refractivity contribution in [3.05, 3.63) is 0 Å². The van der Waals surface area contributed by atoms with Gasteiger partial charge in [-0.3, -0.25) is 30.1 Å². The number of rotatable bonds is 0. The molecule has 22 heteroatoms. The van der Waals surface area contributed by atoms with E-state index in [0.717, 1.165) is 47.8 Å². The van der Waals surface area contributed by atoms with Gasteiger partial charge in [-0.2, -0.15) is 0 Å². The van der Waals surface area contributed by atoms with Crippen molar-refractivity contribution in [1.29, 1.82) is 0 Å². The number of fused-ring (bicyclic) bond motifs is 12. The Bertz CT molecular complexity index is 968. The van der Waals surface area contributed by atoms with Crippen LogP contribution in [0.2, 0.25) is 0 Å². The van der Waals surface area contributed by atoms with Gasteiger partial charge in [0.25, 0.3) is 0 Å². The van der Waals surface area contributed by atoms with E-state index < -0.39 is 15.6 Å². The number of hydrogen-bond donors (Lipinski definition) is 2. The summed E-state index contributed by atoms with van der Waals surface area (Å²) < 4.78 is 118. The average Bonchev–Trinajstić information content (AvgIpc) is 3.00. The van der Waals surface area contributed by atoms with Gasteiger partial charge in [0.2, 0.25) is 0 Å². The molecule has 0 radical (unpaired) electrons. The minimum absolute atomic E-state index is 0. The van der Waals surface area contributed by atoms with E-state index >= 15 is 0 Å². The van der Waals surface area contributed by atoms with Gasteiger partial charge in [-0.25, -0.2) is 0 Å². The molecular weight excluding hydrogens is 865 g/mol. The second-order valence-electron chi connectivity index (χ2n) is 15.7. The maximum atomic E-state index is 9.87. The van der Waals surface area contributed by atoms with Crippen molar-refractivity contribution in [3.8, 4) is 0 Å². The Hall–Kier alpha value is 0.819. The van der Waals surface area contributed by atoms with Crippen LogP contribution in [0.5, 0.6) is 0 Å². The van der Waals surface area contributed by atoms with Gasteiger partial charge in [0.05, 0.1) is 0 Å². The summed E-state index contributed by atoms with van der Waals surface area (Å²) in [4.78, 5) is 11.5. The average molecular weight is 920 g/mol.